The largest absolute Gasteiger partial charge is 0.354 e. The van der Waals surface area contributed by atoms with Crippen LogP contribution in [0.1, 0.15) is 42.3 Å². The van der Waals surface area contributed by atoms with E-state index in [1.54, 1.807) is 18.3 Å². The quantitative estimate of drug-likeness (QED) is 0.848. The van der Waals surface area contributed by atoms with Gasteiger partial charge in [-0.15, -0.1) is 23.7 Å². The Balaban J connectivity index is 0.00000324. The van der Waals surface area contributed by atoms with Crippen molar-refractivity contribution in [2.45, 2.75) is 52.5 Å². The van der Waals surface area contributed by atoms with Crippen molar-refractivity contribution in [3.8, 4) is 0 Å². The predicted octanol–water partition coefficient (Wildman–Crippen LogP) is 2.36. The number of thiazole rings is 1. The molecule has 0 radical (unpaired) electrons. The van der Waals surface area contributed by atoms with Crippen molar-refractivity contribution in [2.75, 3.05) is 6.54 Å². The first-order valence-corrected chi connectivity index (χ1v) is 7.18. The molecule has 4 nitrogen and oxygen atoms in total. The van der Waals surface area contributed by atoms with Crippen LogP contribution >= 0.6 is 23.7 Å². The first-order chi connectivity index (χ1) is 8.36. The van der Waals surface area contributed by atoms with Gasteiger partial charge in [0.1, 0.15) is 0 Å². The van der Waals surface area contributed by atoms with Crippen LogP contribution in [0.25, 0.3) is 0 Å². The van der Waals surface area contributed by atoms with Crippen molar-refractivity contribution in [1.82, 2.24) is 10.3 Å². The van der Waals surface area contributed by atoms with Gasteiger partial charge in [0.2, 0.25) is 5.91 Å². The molecule has 0 saturated heterocycles. The van der Waals surface area contributed by atoms with Gasteiger partial charge in [0.15, 0.2) is 0 Å². The van der Waals surface area contributed by atoms with Gasteiger partial charge >= 0.3 is 0 Å². The highest BCUT2D eigenvalue weighted by atomic mass is 35.5. The lowest BCUT2D eigenvalue weighted by Crippen LogP contribution is -2.51. The molecular formula is C13H24ClN3OS. The summed E-state index contributed by atoms with van der Waals surface area (Å²) < 4.78 is 0. The molecule has 110 valence electrons. The summed E-state index contributed by atoms with van der Waals surface area (Å²) in [5.74, 6) is -0.0664. The molecule has 0 aromatic carbocycles. The second-order valence-corrected chi connectivity index (χ2v) is 6.20. The third-order valence-electron chi connectivity index (χ3n) is 2.93. The number of aryl methyl sites for hydroxylation is 2. The molecule has 1 unspecified atom stereocenters. The van der Waals surface area contributed by atoms with Gasteiger partial charge in [-0.3, -0.25) is 4.79 Å². The molecule has 0 saturated carbocycles. The molecular weight excluding hydrogens is 282 g/mol. The first-order valence-electron chi connectivity index (χ1n) is 6.37. The van der Waals surface area contributed by atoms with E-state index in [0.29, 0.717) is 13.0 Å². The maximum Gasteiger partial charge on any atom is 0.239 e. The number of rotatable bonds is 6. The summed E-state index contributed by atoms with van der Waals surface area (Å²) in [6, 6.07) is 0. The van der Waals surface area contributed by atoms with Crippen LogP contribution in [0.5, 0.6) is 0 Å². The molecule has 1 amide bonds. The van der Waals surface area contributed by atoms with Gasteiger partial charge in [-0.2, -0.15) is 0 Å². The lowest BCUT2D eigenvalue weighted by molar-refractivity contribution is -0.126. The van der Waals surface area contributed by atoms with E-state index in [2.05, 4.69) is 10.3 Å². The number of carbonyl (C=O) groups is 1. The van der Waals surface area contributed by atoms with Gasteiger partial charge in [0.25, 0.3) is 0 Å². The van der Waals surface area contributed by atoms with Gasteiger partial charge in [0, 0.05) is 17.8 Å². The molecule has 0 aliphatic rings. The topological polar surface area (TPSA) is 68.0 Å². The summed E-state index contributed by atoms with van der Waals surface area (Å²) in [6.07, 6.45) is 2.44. The van der Waals surface area contributed by atoms with E-state index < -0.39 is 5.54 Å². The third-order valence-corrected chi connectivity index (χ3v) is 4.06. The smallest absolute Gasteiger partial charge is 0.239 e. The van der Waals surface area contributed by atoms with Crippen LogP contribution < -0.4 is 11.1 Å². The molecule has 0 bridgehead atoms. The number of hydrogen-bond acceptors (Lipinski definition) is 4. The van der Waals surface area contributed by atoms with E-state index in [4.69, 9.17) is 5.73 Å². The second-order valence-electron chi connectivity index (χ2n) is 4.91. The lowest BCUT2D eigenvalue weighted by Gasteiger charge is -2.22. The minimum atomic E-state index is -0.757. The summed E-state index contributed by atoms with van der Waals surface area (Å²) in [4.78, 5) is 17.5. The Kier molecular flexibility index (Phi) is 7.55. The predicted molar refractivity (Wildman–Crippen MR) is 83.1 cm³/mol. The van der Waals surface area contributed by atoms with Crippen LogP contribution in [-0.4, -0.2) is 23.0 Å². The normalized spacial score (nSPS) is 13.5. The standard InChI is InChI=1S/C13H23N3OS.ClH/c1-5-7-13(4,14)12(17)15-8-6-11-9(2)16-10(3)18-11;/h5-8,14H2,1-4H3,(H,15,17);1H. The summed E-state index contributed by atoms with van der Waals surface area (Å²) in [5.41, 5.74) is 6.27. The molecule has 0 spiro atoms. The van der Waals surface area contributed by atoms with E-state index in [-0.39, 0.29) is 18.3 Å². The molecule has 0 aliphatic heterocycles. The minimum Gasteiger partial charge on any atom is -0.354 e. The zero-order valence-corrected chi connectivity index (χ0v) is 13.7. The van der Waals surface area contributed by atoms with Crippen LogP contribution in [0, 0.1) is 13.8 Å². The number of hydrogen-bond donors (Lipinski definition) is 2. The van der Waals surface area contributed by atoms with Crippen molar-refractivity contribution in [3.05, 3.63) is 15.6 Å². The summed E-state index contributed by atoms with van der Waals surface area (Å²) >= 11 is 1.69. The number of halogens is 1. The van der Waals surface area contributed by atoms with Gasteiger partial charge < -0.3 is 11.1 Å². The Hall–Kier alpha value is -0.650. The van der Waals surface area contributed by atoms with E-state index >= 15 is 0 Å². The fraction of sp³-hybridized carbons (Fsp3) is 0.692. The summed E-state index contributed by atoms with van der Waals surface area (Å²) in [5, 5.41) is 3.98. The highest BCUT2D eigenvalue weighted by Gasteiger charge is 2.26. The maximum atomic E-state index is 11.9. The maximum absolute atomic E-state index is 11.9. The van der Waals surface area contributed by atoms with Crippen LogP contribution in [-0.2, 0) is 11.2 Å². The highest BCUT2D eigenvalue weighted by Crippen LogP contribution is 2.17. The van der Waals surface area contributed by atoms with E-state index in [1.165, 1.54) is 4.88 Å². The zero-order chi connectivity index (χ0) is 13.8. The van der Waals surface area contributed by atoms with E-state index in [0.717, 1.165) is 23.5 Å². The van der Waals surface area contributed by atoms with Crippen molar-refractivity contribution >= 4 is 29.7 Å². The number of nitrogens with two attached hydrogens (primary N) is 1. The van der Waals surface area contributed by atoms with Crippen molar-refractivity contribution in [1.29, 1.82) is 0 Å². The Morgan fingerprint density at radius 3 is 2.58 bits per heavy atom. The van der Waals surface area contributed by atoms with Crippen LogP contribution in [0.15, 0.2) is 0 Å². The molecule has 0 fully saturated rings. The van der Waals surface area contributed by atoms with Gasteiger partial charge in [-0.05, 0) is 27.2 Å². The highest BCUT2D eigenvalue weighted by molar-refractivity contribution is 7.11. The summed E-state index contributed by atoms with van der Waals surface area (Å²) in [7, 11) is 0. The van der Waals surface area contributed by atoms with Crippen LogP contribution in [0.4, 0.5) is 0 Å². The average molecular weight is 306 g/mol. The monoisotopic (exact) mass is 305 g/mol. The Bertz CT molecular complexity index is 418. The molecule has 1 aromatic rings. The number of nitrogens with zero attached hydrogens (tertiary/aromatic N) is 1. The Labute approximate surface area is 125 Å². The van der Waals surface area contributed by atoms with Crippen molar-refractivity contribution in [3.63, 3.8) is 0 Å². The fourth-order valence-corrected chi connectivity index (χ4v) is 2.87. The van der Waals surface area contributed by atoms with Gasteiger partial charge in [0.05, 0.1) is 16.2 Å². The SMILES string of the molecule is CCCC(C)(N)C(=O)NCCc1sc(C)nc1C.Cl. The molecule has 0 aliphatic carbocycles. The number of carbonyl (C=O) groups excluding carboxylic acids is 1. The summed E-state index contributed by atoms with van der Waals surface area (Å²) in [6.45, 7) is 8.44. The molecule has 3 N–H and O–H groups in total. The Morgan fingerprint density at radius 1 is 1.47 bits per heavy atom. The molecule has 1 aromatic heterocycles. The fourth-order valence-electron chi connectivity index (χ4n) is 1.93. The average Bonchev–Trinajstić information content (AvgIpc) is 2.57. The van der Waals surface area contributed by atoms with Crippen molar-refractivity contribution < 1.29 is 4.79 Å². The van der Waals surface area contributed by atoms with Gasteiger partial charge in [-0.1, -0.05) is 13.3 Å². The Morgan fingerprint density at radius 2 is 2.11 bits per heavy atom. The minimum absolute atomic E-state index is 0. The molecule has 6 heteroatoms. The number of amides is 1. The van der Waals surface area contributed by atoms with E-state index in [9.17, 15) is 4.79 Å². The van der Waals surface area contributed by atoms with Crippen LogP contribution in [0.3, 0.4) is 0 Å². The van der Waals surface area contributed by atoms with Crippen molar-refractivity contribution in [2.24, 2.45) is 5.73 Å². The van der Waals surface area contributed by atoms with Crippen LogP contribution in [0.2, 0.25) is 0 Å². The molecule has 1 atom stereocenters. The van der Waals surface area contributed by atoms with Gasteiger partial charge in [-0.25, -0.2) is 4.98 Å². The second kappa shape index (κ2) is 7.82. The lowest BCUT2D eigenvalue weighted by atomic mass is 9.96. The number of nitrogens with one attached hydrogen (secondary N) is 1. The molecule has 1 rings (SSSR count). The first kappa shape index (κ1) is 18.4. The molecule has 19 heavy (non-hydrogen) atoms. The third kappa shape index (κ3) is 5.47. The number of aromatic nitrogens is 1. The van der Waals surface area contributed by atoms with E-state index in [1.807, 2.05) is 20.8 Å². The zero-order valence-electron chi connectivity index (χ0n) is 12.1. The molecule has 1 heterocycles.